The molecule has 0 fully saturated rings. The number of nitrogens with zero attached hydrogens (tertiary/aromatic N) is 1. The van der Waals surface area contributed by atoms with Crippen molar-refractivity contribution in [3.05, 3.63) is 69.8 Å². The molecule has 4 nitrogen and oxygen atoms in total. The summed E-state index contributed by atoms with van der Waals surface area (Å²) in [6.45, 7) is 2.15. The van der Waals surface area contributed by atoms with Crippen molar-refractivity contribution in [2.45, 2.75) is 13.5 Å². The third-order valence-corrected chi connectivity index (χ3v) is 4.38. The Kier molecular flexibility index (Phi) is 5.09. The van der Waals surface area contributed by atoms with Gasteiger partial charge in [-0.15, -0.1) is 11.3 Å². The lowest BCUT2D eigenvalue weighted by Crippen LogP contribution is -2.06. The Balaban J connectivity index is 1.87. The molecule has 0 atom stereocenters. The van der Waals surface area contributed by atoms with E-state index in [1.165, 1.54) is 19.2 Å². The van der Waals surface area contributed by atoms with Crippen LogP contribution in [0.2, 0.25) is 0 Å². The molecule has 0 saturated heterocycles. The highest BCUT2D eigenvalue weighted by molar-refractivity contribution is 7.09. The Labute approximate surface area is 148 Å². The topological polar surface area (TPSA) is 48.4 Å². The van der Waals surface area contributed by atoms with E-state index in [1.807, 2.05) is 18.4 Å². The molecule has 0 aliphatic carbocycles. The smallest absolute Gasteiger partial charge is 0.341 e. The summed E-state index contributed by atoms with van der Waals surface area (Å²) < 4.78 is 23.6. The Bertz CT molecular complexity index is 890. The van der Waals surface area contributed by atoms with Crippen LogP contribution in [0, 0.1) is 12.7 Å². The van der Waals surface area contributed by atoms with E-state index >= 15 is 0 Å². The van der Waals surface area contributed by atoms with Crippen LogP contribution in [0.5, 0.6) is 5.75 Å². The maximum atomic E-state index is 13.0. The Morgan fingerprint density at radius 1 is 1.20 bits per heavy atom. The van der Waals surface area contributed by atoms with Crippen LogP contribution in [0.1, 0.15) is 20.9 Å². The van der Waals surface area contributed by atoms with Crippen LogP contribution in [0.15, 0.2) is 47.8 Å². The van der Waals surface area contributed by atoms with Gasteiger partial charge in [0, 0.05) is 10.9 Å². The number of aromatic nitrogens is 1. The predicted octanol–water partition coefficient (Wildman–Crippen LogP) is 4.62. The van der Waals surface area contributed by atoms with Crippen LogP contribution in [0.3, 0.4) is 0 Å². The zero-order chi connectivity index (χ0) is 17.8. The largest absolute Gasteiger partial charge is 0.488 e. The monoisotopic (exact) mass is 357 g/mol. The van der Waals surface area contributed by atoms with Crippen LogP contribution < -0.4 is 4.74 Å². The first-order valence-corrected chi connectivity index (χ1v) is 8.47. The summed E-state index contributed by atoms with van der Waals surface area (Å²) in [6, 6.07) is 11.3. The second-order valence-electron chi connectivity index (χ2n) is 5.37. The number of carbonyl (C=O) groups is 1. The van der Waals surface area contributed by atoms with Gasteiger partial charge in [-0.2, -0.15) is 0 Å². The number of rotatable bonds is 5. The first-order valence-electron chi connectivity index (χ1n) is 7.59. The number of halogens is 1. The van der Waals surface area contributed by atoms with Crippen molar-refractivity contribution in [1.29, 1.82) is 0 Å². The predicted molar refractivity (Wildman–Crippen MR) is 94.4 cm³/mol. The lowest BCUT2D eigenvalue weighted by atomic mass is 10.1. The summed E-state index contributed by atoms with van der Waals surface area (Å²) in [7, 11) is 1.33. The van der Waals surface area contributed by atoms with Gasteiger partial charge in [0.15, 0.2) is 0 Å². The first-order chi connectivity index (χ1) is 12.1. The van der Waals surface area contributed by atoms with E-state index in [1.54, 1.807) is 35.6 Å². The minimum atomic E-state index is -0.483. The fourth-order valence-corrected chi connectivity index (χ4v) is 2.94. The van der Waals surface area contributed by atoms with Gasteiger partial charge >= 0.3 is 5.97 Å². The van der Waals surface area contributed by atoms with Crippen molar-refractivity contribution in [3.63, 3.8) is 0 Å². The van der Waals surface area contributed by atoms with E-state index in [4.69, 9.17) is 9.47 Å². The minimum absolute atomic E-state index is 0.222. The first kappa shape index (κ1) is 17.1. The lowest BCUT2D eigenvalue weighted by molar-refractivity contribution is 0.0595. The minimum Gasteiger partial charge on any atom is -0.488 e. The highest BCUT2D eigenvalue weighted by atomic mass is 32.1. The number of thiazole rings is 1. The number of methoxy groups -OCH3 is 1. The van der Waals surface area contributed by atoms with Crippen molar-refractivity contribution >= 4 is 17.3 Å². The van der Waals surface area contributed by atoms with Crippen LogP contribution >= 0.6 is 11.3 Å². The van der Waals surface area contributed by atoms with E-state index in [-0.39, 0.29) is 12.4 Å². The van der Waals surface area contributed by atoms with Crippen LogP contribution in [0.4, 0.5) is 4.39 Å². The van der Waals surface area contributed by atoms with Crippen molar-refractivity contribution in [3.8, 4) is 17.0 Å². The molecule has 6 heteroatoms. The summed E-state index contributed by atoms with van der Waals surface area (Å²) in [4.78, 5) is 16.5. The molecule has 0 bridgehead atoms. The second-order valence-corrected chi connectivity index (χ2v) is 6.43. The molecule has 0 unspecified atom stereocenters. The molecule has 0 saturated carbocycles. The summed E-state index contributed by atoms with van der Waals surface area (Å²) >= 11 is 1.54. The Morgan fingerprint density at radius 2 is 1.96 bits per heavy atom. The van der Waals surface area contributed by atoms with Crippen molar-refractivity contribution in [2.75, 3.05) is 7.11 Å². The summed E-state index contributed by atoms with van der Waals surface area (Å²) in [5.74, 6) is -0.378. The van der Waals surface area contributed by atoms with Gasteiger partial charge in [-0.3, -0.25) is 0 Å². The molecule has 0 amide bonds. The quantitative estimate of drug-likeness (QED) is 0.625. The normalized spacial score (nSPS) is 10.5. The van der Waals surface area contributed by atoms with E-state index in [0.717, 1.165) is 21.8 Å². The van der Waals surface area contributed by atoms with Gasteiger partial charge in [0.05, 0.1) is 17.8 Å². The van der Waals surface area contributed by atoms with Crippen LogP contribution in [0.25, 0.3) is 11.3 Å². The van der Waals surface area contributed by atoms with Crippen LogP contribution in [-0.2, 0) is 11.3 Å². The van der Waals surface area contributed by atoms with Crippen molar-refractivity contribution in [2.24, 2.45) is 0 Å². The van der Waals surface area contributed by atoms with Gasteiger partial charge in [0.2, 0.25) is 0 Å². The molecule has 3 aromatic rings. The molecule has 0 aliphatic heterocycles. The third-order valence-electron chi connectivity index (χ3n) is 3.61. The van der Waals surface area contributed by atoms with Gasteiger partial charge in [-0.05, 0) is 42.8 Å². The molecule has 0 radical (unpaired) electrons. The fourth-order valence-electron chi connectivity index (χ4n) is 2.32. The van der Waals surface area contributed by atoms with E-state index < -0.39 is 5.97 Å². The number of carbonyl (C=O) groups excluding carboxylic acids is 1. The Hall–Kier alpha value is -2.73. The zero-order valence-electron chi connectivity index (χ0n) is 13.8. The number of hydrogen-bond donors (Lipinski definition) is 0. The standard InChI is InChI=1S/C19H16FNO3S/c1-12-21-17(11-25-12)14-5-8-18(16(9-14)19(22)23-2)24-10-13-3-6-15(20)7-4-13/h3-9,11H,10H2,1-2H3. The third kappa shape index (κ3) is 4.03. The van der Waals surface area contributed by atoms with Gasteiger partial charge in [0.25, 0.3) is 0 Å². The molecule has 25 heavy (non-hydrogen) atoms. The molecule has 1 heterocycles. The molecular formula is C19H16FNO3S. The number of aryl methyl sites for hydroxylation is 1. The lowest BCUT2D eigenvalue weighted by Gasteiger charge is -2.11. The molecule has 3 rings (SSSR count). The highest BCUT2D eigenvalue weighted by Gasteiger charge is 2.16. The van der Waals surface area contributed by atoms with Gasteiger partial charge in [0.1, 0.15) is 23.7 Å². The van der Waals surface area contributed by atoms with Gasteiger partial charge in [-0.1, -0.05) is 12.1 Å². The fraction of sp³-hybridized carbons (Fsp3) is 0.158. The average molecular weight is 357 g/mol. The maximum absolute atomic E-state index is 13.0. The SMILES string of the molecule is COC(=O)c1cc(-c2csc(C)n2)ccc1OCc1ccc(F)cc1. The van der Waals surface area contributed by atoms with Gasteiger partial charge < -0.3 is 9.47 Å². The maximum Gasteiger partial charge on any atom is 0.341 e. The molecule has 0 spiro atoms. The second kappa shape index (κ2) is 7.44. The molecular weight excluding hydrogens is 341 g/mol. The molecule has 2 aromatic carbocycles. The summed E-state index contributed by atoms with van der Waals surface area (Å²) in [5, 5.41) is 2.89. The molecule has 128 valence electrons. The molecule has 0 N–H and O–H groups in total. The number of hydrogen-bond acceptors (Lipinski definition) is 5. The summed E-state index contributed by atoms with van der Waals surface area (Å²) in [6.07, 6.45) is 0. The summed E-state index contributed by atoms with van der Waals surface area (Å²) in [5.41, 5.74) is 2.75. The van der Waals surface area contributed by atoms with E-state index in [0.29, 0.717) is 11.3 Å². The van der Waals surface area contributed by atoms with Crippen molar-refractivity contribution in [1.82, 2.24) is 4.98 Å². The molecule has 0 aliphatic rings. The van der Waals surface area contributed by atoms with Gasteiger partial charge in [-0.25, -0.2) is 14.2 Å². The highest BCUT2D eigenvalue weighted by Crippen LogP contribution is 2.28. The Morgan fingerprint density at radius 3 is 2.60 bits per heavy atom. The zero-order valence-corrected chi connectivity index (χ0v) is 14.6. The number of ether oxygens (including phenoxy) is 2. The number of benzene rings is 2. The van der Waals surface area contributed by atoms with Crippen molar-refractivity contribution < 1.29 is 18.7 Å². The van der Waals surface area contributed by atoms with E-state index in [9.17, 15) is 9.18 Å². The average Bonchev–Trinajstić information content (AvgIpc) is 3.07. The molecule has 1 aromatic heterocycles. The number of esters is 1. The van der Waals surface area contributed by atoms with E-state index in [2.05, 4.69) is 4.98 Å². The van der Waals surface area contributed by atoms with Crippen LogP contribution in [-0.4, -0.2) is 18.1 Å².